The highest BCUT2D eigenvalue weighted by atomic mass is 19.1. The highest BCUT2D eigenvalue weighted by Gasteiger charge is 2.46. The van der Waals surface area contributed by atoms with Gasteiger partial charge in [-0.15, -0.1) is 0 Å². The summed E-state index contributed by atoms with van der Waals surface area (Å²) in [6.07, 6.45) is 2.42. The summed E-state index contributed by atoms with van der Waals surface area (Å²) < 4.78 is 19.6. The number of halogens is 1. The summed E-state index contributed by atoms with van der Waals surface area (Å²) in [5.74, 6) is 0.130. The van der Waals surface area contributed by atoms with Crippen LogP contribution in [0.25, 0.3) is 0 Å². The van der Waals surface area contributed by atoms with Crippen molar-refractivity contribution in [1.29, 1.82) is 0 Å². The molecule has 2 fully saturated rings. The average Bonchev–Trinajstić information content (AvgIpc) is 2.58. The van der Waals surface area contributed by atoms with Crippen molar-refractivity contribution < 1.29 is 13.9 Å². The van der Waals surface area contributed by atoms with E-state index in [1.165, 1.54) is 6.07 Å². The zero-order valence-corrected chi connectivity index (χ0v) is 15.5. The van der Waals surface area contributed by atoms with Crippen LogP contribution in [0.5, 0.6) is 0 Å². The third-order valence-corrected chi connectivity index (χ3v) is 5.50. The summed E-state index contributed by atoms with van der Waals surface area (Å²) in [7, 11) is 1.89. The minimum atomic E-state index is -0.322. The summed E-state index contributed by atoms with van der Waals surface area (Å²) in [5.41, 5.74) is 0.840. The Hall–Kier alpha value is -1.46. The summed E-state index contributed by atoms with van der Waals surface area (Å²) in [6.45, 7) is 7.63. The Kier molecular flexibility index (Phi) is 5.44. The van der Waals surface area contributed by atoms with Gasteiger partial charge in [0.05, 0.1) is 5.60 Å². The van der Waals surface area contributed by atoms with Gasteiger partial charge in [0.25, 0.3) is 5.91 Å². The van der Waals surface area contributed by atoms with E-state index in [9.17, 15) is 9.18 Å². The number of likely N-dealkylation sites (N-methyl/N-ethyl adjacent to an activating group) is 1. The number of piperidine rings is 1. The molecule has 2 heterocycles. The second-order valence-electron chi connectivity index (χ2n) is 7.88. The number of carbonyl (C=O) groups excluding carboxylic acids is 1. The van der Waals surface area contributed by atoms with Gasteiger partial charge in [0.1, 0.15) is 11.9 Å². The fraction of sp³-hybridized carbons (Fsp3) is 0.650. The second-order valence-corrected chi connectivity index (χ2v) is 7.88. The number of morpholine rings is 1. The highest BCUT2D eigenvalue weighted by Crippen LogP contribution is 2.34. The van der Waals surface area contributed by atoms with Crippen molar-refractivity contribution in [3.05, 3.63) is 35.6 Å². The molecule has 0 aliphatic carbocycles. The lowest BCUT2D eigenvalue weighted by molar-refractivity contribution is -0.197. The standard InChI is InChI=1S/C20H29FN2O2/c1-15(2)18-19(24)22(3)14-20(25-18)8-11-23(12-9-20)10-7-16-5-4-6-17(21)13-16/h4-6,13,15,18H,7-12,14H2,1-3H3. The van der Waals surface area contributed by atoms with Gasteiger partial charge in [0.2, 0.25) is 0 Å². The molecule has 25 heavy (non-hydrogen) atoms. The third kappa shape index (κ3) is 4.21. The van der Waals surface area contributed by atoms with Crippen LogP contribution in [0.1, 0.15) is 32.3 Å². The maximum atomic E-state index is 13.3. The Morgan fingerprint density at radius 3 is 2.68 bits per heavy atom. The van der Waals surface area contributed by atoms with Crippen LogP contribution in [0.15, 0.2) is 24.3 Å². The molecule has 3 rings (SSSR count). The maximum absolute atomic E-state index is 13.3. The summed E-state index contributed by atoms with van der Waals surface area (Å²) in [5, 5.41) is 0. The monoisotopic (exact) mass is 348 g/mol. The summed E-state index contributed by atoms with van der Waals surface area (Å²) >= 11 is 0. The molecule has 0 N–H and O–H groups in total. The van der Waals surface area contributed by atoms with Gasteiger partial charge in [-0.25, -0.2) is 4.39 Å². The van der Waals surface area contributed by atoms with Gasteiger partial charge < -0.3 is 14.5 Å². The van der Waals surface area contributed by atoms with Crippen molar-refractivity contribution >= 4 is 5.91 Å². The smallest absolute Gasteiger partial charge is 0.251 e. The Balaban J connectivity index is 1.55. The number of hydrogen-bond donors (Lipinski definition) is 0. The molecule has 4 nitrogen and oxygen atoms in total. The Morgan fingerprint density at radius 1 is 1.32 bits per heavy atom. The van der Waals surface area contributed by atoms with E-state index in [-0.39, 0.29) is 29.3 Å². The maximum Gasteiger partial charge on any atom is 0.251 e. The van der Waals surface area contributed by atoms with E-state index < -0.39 is 0 Å². The predicted molar refractivity (Wildman–Crippen MR) is 95.9 cm³/mol. The first-order valence-electron chi connectivity index (χ1n) is 9.28. The molecule has 1 aromatic rings. The predicted octanol–water partition coefficient (Wildman–Crippen LogP) is 2.72. The van der Waals surface area contributed by atoms with E-state index >= 15 is 0 Å². The van der Waals surface area contributed by atoms with Crippen molar-refractivity contribution in [1.82, 2.24) is 9.80 Å². The van der Waals surface area contributed by atoms with Crippen molar-refractivity contribution in [2.24, 2.45) is 5.92 Å². The van der Waals surface area contributed by atoms with Gasteiger partial charge in [-0.2, -0.15) is 0 Å². The van der Waals surface area contributed by atoms with Crippen LogP contribution >= 0.6 is 0 Å². The number of nitrogens with zero attached hydrogens (tertiary/aromatic N) is 2. The molecule has 0 aromatic heterocycles. The molecule has 138 valence electrons. The van der Waals surface area contributed by atoms with E-state index in [2.05, 4.69) is 4.90 Å². The summed E-state index contributed by atoms with van der Waals surface area (Å²) in [6, 6.07) is 6.85. The van der Waals surface area contributed by atoms with Crippen molar-refractivity contribution in [2.45, 2.75) is 44.8 Å². The normalized spacial score (nSPS) is 24.3. The molecule has 1 amide bonds. The Morgan fingerprint density at radius 2 is 2.04 bits per heavy atom. The van der Waals surface area contributed by atoms with Gasteiger partial charge in [0.15, 0.2) is 0 Å². The van der Waals surface area contributed by atoms with Crippen LogP contribution in [-0.2, 0) is 16.0 Å². The molecular formula is C20H29FN2O2. The first-order chi connectivity index (χ1) is 11.9. The molecule has 1 aromatic carbocycles. The fourth-order valence-electron chi connectivity index (χ4n) is 3.95. The SMILES string of the molecule is CC(C)C1OC2(CCN(CCc3cccc(F)c3)CC2)CN(C)C1=O. The van der Waals surface area contributed by atoms with Crippen LogP contribution in [0.3, 0.4) is 0 Å². The van der Waals surface area contributed by atoms with Crippen LogP contribution in [-0.4, -0.2) is 60.6 Å². The zero-order chi connectivity index (χ0) is 18.0. The van der Waals surface area contributed by atoms with E-state index in [4.69, 9.17) is 4.74 Å². The van der Waals surface area contributed by atoms with Gasteiger partial charge in [-0.1, -0.05) is 26.0 Å². The summed E-state index contributed by atoms with van der Waals surface area (Å²) in [4.78, 5) is 16.6. The number of ether oxygens (including phenoxy) is 1. The average molecular weight is 348 g/mol. The lowest BCUT2D eigenvalue weighted by Gasteiger charge is -2.49. The van der Waals surface area contributed by atoms with E-state index in [1.54, 1.807) is 12.1 Å². The number of hydrogen-bond acceptors (Lipinski definition) is 3. The molecular weight excluding hydrogens is 319 g/mol. The van der Waals surface area contributed by atoms with Crippen molar-refractivity contribution in [2.75, 3.05) is 33.2 Å². The number of likely N-dealkylation sites (tertiary alicyclic amines) is 1. The Bertz CT molecular complexity index is 611. The molecule has 1 atom stereocenters. The van der Waals surface area contributed by atoms with Gasteiger partial charge >= 0.3 is 0 Å². The van der Waals surface area contributed by atoms with E-state index in [0.29, 0.717) is 6.54 Å². The fourth-order valence-corrected chi connectivity index (χ4v) is 3.95. The first kappa shape index (κ1) is 18.3. The molecule has 0 bridgehead atoms. The molecule has 5 heteroatoms. The largest absolute Gasteiger partial charge is 0.360 e. The molecule has 0 saturated carbocycles. The third-order valence-electron chi connectivity index (χ3n) is 5.50. The number of benzene rings is 1. The molecule has 2 aliphatic rings. The van der Waals surface area contributed by atoms with Gasteiger partial charge in [-0.3, -0.25) is 4.79 Å². The minimum absolute atomic E-state index is 0.106. The quantitative estimate of drug-likeness (QED) is 0.839. The molecule has 2 saturated heterocycles. The first-order valence-corrected chi connectivity index (χ1v) is 9.28. The van der Waals surface area contributed by atoms with E-state index in [1.807, 2.05) is 31.9 Å². The van der Waals surface area contributed by atoms with Crippen molar-refractivity contribution in [3.63, 3.8) is 0 Å². The van der Waals surface area contributed by atoms with Crippen molar-refractivity contribution in [3.8, 4) is 0 Å². The van der Waals surface area contributed by atoms with E-state index in [0.717, 1.165) is 44.5 Å². The zero-order valence-electron chi connectivity index (χ0n) is 15.5. The number of rotatable bonds is 4. The number of amides is 1. The van der Waals surface area contributed by atoms with Gasteiger partial charge in [-0.05, 0) is 42.9 Å². The molecule has 1 spiro atoms. The van der Waals surface area contributed by atoms with Gasteiger partial charge in [0, 0.05) is 33.2 Å². The molecule has 2 aliphatic heterocycles. The topological polar surface area (TPSA) is 32.8 Å². The Labute approximate surface area is 149 Å². The highest BCUT2D eigenvalue weighted by molar-refractivity contribution is 5.81. The lowest BCUT2D eigenvalue weighted by atomic mass is 9.87. The number of carbonyl (C=O) groups is 1. The lowest BCUT2D eigenvalue weighted by Crippen LogP contribution is -2.62. The second kappa shape index (κ2) is 7.42. The molecule has 0 radical (unpaired) electrons. The molecule has 1 unspecified atom stereocenters. The van der Waals surface area contributed by atoms with Crippen LogP contribution in [0.2, 0.25) is 0 Å². The van der Waals surface area contributed by atoms with Crippen LogP contribution in [0.4, 0.5) is 4.39 Å². The van der Waals surface area contributed by atoms with Crippen LogP contribution in [0, 0.1) is 11.7 Å². The minimum Gasteiger partial charge on any atom is -0.360 e. The van der Waals surface area contributed by atoms with Crippen LogP contribution < -0.4 is 0 Å².